The van der Waals surface area contributed by atoms with Gasteiger partial charge >= 0.3 is 0 Å². The van der Waals surface area contributed by atoms with Crippen LogP contribution in [0, 0.1) is 5.92 Å². The molecule has 0 aliphatic carbocycles. The number of nitrogens with one attached hydrogen (secondary N) is 1. The molecule has 1 saturated heterocycles. The summed E-state index contributed by atoms with van der Waals surface area (Å²) in [5.41, 5.74) is 6.52. The molecule has 6 nitrogen and oxygen atoms in total. The summed E-state index contributed by atoms with van der Waals surface area (Å²) in [6, 6.07) is -0.274. The second kappa shape index (κ2) is 7.36. The minimum atomic E-state index is -0.291. The summed E-state index contributed by atoms with van der Waals surface area (Å²) in [6.07, 6.45) is 6.51. The van der Waals surface area contributed by atoms with E-state index in [1.165, 1.54) is 0 Å². The molecular formula is C15H25N5O. The molecule has 116 valence electrons. The molecule has 1 aliphatic rings. The summed E-state index contributed by atoms with van der Waals surface area (Å²) in [5.74, 6) is 0.932. The topological polar surface area (TPSA) is 84.1 Å². The molecule has 0 spiro atoms. The first-order valence-electron chi connectivity index (χ1n) is 7.65. The first kappa shape index (κ1) is 15.7. The largest absolute Gasteiger partial charge is 0.368 e. The number of amides is 1. The lowest BCUT2D eigenvalue weighted by Crippen LogP contribution is -2.48. The molecule has 3 N–H and O–H groups in total. The number of rotatable bonds is 6. The number of piperidine rings is 1. The van der Waals surface area contributed by atoms with Crippen molar-refractivity contribution in [1.82, 2.24) is 15.3 Å². The van der Waals surface area contributed by atoms with Gasteiger partial charge in [0.2, 0.25) is 11.9 Å². The van der Waals surface area contributed by atoms with E-state index in [1.54, 1.807) is 0 Å². The Morgan fingerprint density at radius 2 is 2.14 bits per heavy atom. The van der Waals surface area contributed by atoms with Crippen molar-refractivity contribution in [2.45, 2.75) is 45.7 Å². The average Bonchev–Trinajstić information content (AvgIpc) is 2.47. The van der Waals surface area contributed by atoms with Crippen LogP contribution in [0.1, 0.15) is 38.7 Å². The van der Waals surface area contributed by atoms with E-state index in [4.69, 9.17) is 5.73 Å². The number of aromatic nitrogens is 2. The van der Waals surface area contributed by atoms with Crippen LogP contribution in [0.3, 0.4) is 0 Å². The molecule has 2 heterocycles. The molecule has 1 aromatic rings. The second-order valence-electron chi connectivity index (χ2n) is 6.02. The van der Waals surface area contributed by atoms with Gasteiger partial charge in [-0.15, -0.1) is 0 Å². The zero-order valence-electron chi connectivity index (χ0n) is 12.9. The molecule has 1 aliphatic heterocycles. The zero-order valence-corrected chi connectivity index (χ0v) is 12.9. The molecule has 0 radical (unpaired) electrons. The summed E-state index contributed by atoms with van der Waals surface area (Å²) in [6.45, 7) is 6.87. The Labute approximate surface area is 126 Å². The molecule has 1 atom stereocenters. The fourth-order valence-electron chi connectivity index (χ4n) is 2.56. The van der Waals surface area contributed by atoms with Crippen molar-refractivity contribution in [3.05, 3.63) is 18.0 Å². The highest BCUT2D eigenvalue weighted by molar-refractivity contribution is 5.83. The molecule has 1 aromatic heterocycles. The Morgan fingerprint density at radius 3 is 2.76 bits per heavy atom. The van der Waals surface area contributed by atoms with Gasteiger partial charge in [-0.1, -0.05) is 13.8 Å². The Bertz CT molecular complexity index is 460. The molecule has 2 rings (SSSR count). The summed E-state index contributed by atoms with van der Waals surface area (Å²) in [5, 5.41) is 3.36. The third-order valence-corrected chi connectivity index (χ3v) is 3.66. The number of nitrogens with two attached hydrogens (primary N) is 1. The molecule has 0 aromatic carbocycles. The highest BCUT2D eigenvalue weighted by Gasteiger charge is 2.28. The van der Waals surface area contributed by atoms with Crippen LogP contribution in [-0.4, -0.2) is 35.0 Å². The number of hydrogen-bond donors (Lipinski definition) is 2. The number of anilines is 1. The fraction of sp³-hybridized carbons (Fsp3) is 0.667. The Hall–Kier alpha value is -1.69. The van der Waals surface area contributed by atoms with Gasteiger partial charge in [-0.2, -0.15) is 0 Å². The number of primary amides is 1. The van der Waals surface area contributed by atoms with Crippen molar-refractivity contribution >= 4 is 11.9 Å². The van der Waals surface area contributed by atoms with Crippen molar-refractivity contribution < 1.29 is 4.79 Å². The van der Waals surface area contributed by atoms with E-state index >= 15 is 0 Å². The molecule has 0 bridgehead atoms. The Balaban J connectivity index is 1.98. The van der Waals surface area contributed by atoms with Gasteiger partial charge < -0.3 is 16.0 Å². The summed E-state index contributed by atoms with van der Waals surface area (Å²) in [4.78, 5) is 22.3. The summed E-state index contributed by atoms with van der Waals surface area (Å²) < 4.78 is 0. The summed E-state index contributed by atoms with van der Waals surface area (Å²) >= 11 is 0. The summed E-state index contributed by atoms with van der Waals surface area (Å²) in [7, 11) is 0. The van der Waals surface area contributed by atoms with E-state index in [0.29, 0.717) is 11.9 Å². The normalized spacial score (nSPS) is 19.0. The van der Waals surface area contributed by atoms with Crippen LogP contribution in [0.15, 0.2) is 12.4 Å². The van der Waals surface area contributed by atoms with E-state index < -0.39 is 0 Å². The highest BCUT2D eigenvalue weighted by Crippen LogP contribution is 2.21. The minimum Gasteiger partial charge on any atom is -0.368 e. The lowest BCUT2D eigenvalue weighted by Gasteiger charge is -2.33. The van der Waals surface area contributed by atoms with Crippen LogP contribution < -0.4 is 16.0 Å². The molecule has 6 heteroatoms. The standard InChI is InChI=1S/C15H25N5O/c1-11(2)7-17-8-12-9-18-15(19-10-12)20-6-4-3-5-13(20)14(16)21/h9-11,13,17H,3-8H2,1-2H3,(H2,16,21). The predicted molar refractivity (Wildman–Crippen MR) is 82.8 cm³/mol. The van der Waals surface area contributed by atoms with Gasteiger partial charge in [-0.3, -0.25) is 4.79 Å². The van der Waals surface area contributed by atoms with Crippen molar-refractivity contribution in [2.24, 2.45) is 11.7 Å². The van der Waals surface area contributed by atoms with Crippen molar-refractivity contribution in [3.63, 3.8) is 0 Å². The first-order chi connectivity index (χ1) is 10.1. The minimum absolute atomic E-state index is 0.274. The molecular weight excluding hydrogens is 266 g/mol. The van der Waals surface area contributed by atoms with Crippen LogP contribution in [0.2, 0.25) is 0 Å². The van der Waals surface area contributed by atoms with Gasteiger partial charge in [-0.25, -0.2) is 9.97 Å². The van der Waals surface area contributed by atoms with Gasteiger partial charge in [-0.05, 0) is 31.7 Å². The van der Waals surface area contributed by atoms with Crippen LogP contribution in [0.25, 0.3) is 0 Å². The van der Waals surface area contributed by atoms with Gasteiger partial charge in [0.1, 0.15) is 6.04 Å². The Kier molecular flexibility index (Phi) is 5.50. The van der Waals surface area contributed by atoms with Crippen LogP contribution in [0.4, 0.5) is 5.95 Å². The predicted octanol–water partition coefficient (Wildman–Crippen LogP) is 1.07. The second-order valence-corrected chi connectivity index (χ2v) is 6.02. The van der Waals surface area contributed by atoms with Gasteiger partial charge in [0, 0.05) is 31.0 Å². The maximum atomic E-state index is 11.5. The van der Waals surface area contributed by atoms with Gasteiger partial charge in [0.15, 0.2) is 0 Å². The monoisotopic (exact) mass is 291 g/mol. The quantitative estimate of drug-likeness (QED) is 0.819. The zero-order chi connectivity index (χ0) is 15.2. The van der Waals surface area contributed by atoms with Gasteiger partial charge in [0.25, 0.3) is 0 Å². The Morgan fingerprint density at radius 1 is 1.43 bits per heavy atom. The smallest absolute Gasteiger partial charge is 0.240 e. The van der Waals surface area contributed by atoms with Crippen molar-refractivity contribution in [2.75, 3.05) is 18.0 Å². The highest BCUT2D eigenvalue weighted by atomic mass is 16.1. The number of carbonyl (C=O) groups is 1. The van der Waals surface area contributed by atoms with Crippen molar-refractivity contribution in [1.29, 1.82) is 0 Å². The maximum absolute atomic E-state index is 11.5. The third-order valence-electron chi connectivity index (χ3n) is 3.66. The number of nitrogens with zero attached hydrogens (tertiary/aromatic N) is 3. The maximum Gasteiger partial charge on any atom is 0.240 e. The SMILES string of the molecule is CC(C)CNCc1cnc(N2CCCCC2C(N)=O)nc1. The molecule has 21 heavy (non-hydrogen) atoms. The lowest BCUT2D eigenvalue weighted by atomic mass is 10.0. The van der Waals surface area contributed by atoms with E-state index in [1.807, 2.05) is 17.3 Å². The molecule has 1 unspecified atom stereocenters. The average molecular weight is 291 g/mol. The van der Waals surface area contributed by atoms with Crippen LogP contribution >= 0.6 is 0 Å². The van der Waals surface area contributed by atoms with Gasteiger partial charge in [0.05, 0.1) is 0 Å². The van der Waals surface area contributed by atoms with Crippen LogP contribution in [-0.2, 0) is 11.3 Å². The number of hydrogen-bond acceptors (Lipinski definition) is 5. The fourth-order valence-corrected chi connectivity index (χ4v) is 2.56. The van der Waals surface area contributed by atoms with E-state index in [-0.39, 0.29) is 11.9 Å². The van der Waals surface area contributed by atoms with E-state index in [9.17, 15) is 4.79 Å². The van der Waals surface area contributed by atoms with Crippen molar-refractivity contribution in [3.8, 4) is 0 Å². The molecule has 1 fully saturated rings. The first-order valence-corrected chi connectivity index (χ1v) is 7.65. The van der Waals surface area contributed by atoms with E-state index in [0.717, 1.165) is 44.5 Å². The van der Waals surface area contributed by atoms with E-state index in [2.05, 4.69) is 29.1 Å². The van der Waals surface area contributed by atoms with Crippen LogP contribution in [0.5, 0.6) is 0 Å². The number of carbonyl (C=O) groups excluding carboxylic acids is 1. The molecule has 1 amide bonds. The molecule has 0 saturated carbocycles. The lowest BCUT2D eigenvalue weighted by molar-refractivity contribution is -0.119. The third kappa shape index (κ3) is 4.39.